The third-order valence-corrected chi connectivity index (χ3v) is 3.77. The molecule has 2 atom stereocenters. The predicted octanol–water partition coefficient (Wildman–Crippen LogP) is 3.58. The summed E-state index contributed by atoms with van der Waals surface area (Å²) in [4.78, 5) is 0. The van der Waals surface area contributed by atoms with Gasteiger partial charge in [0.1, 0.15) is 11.9 Å². The molecule has 96 valence electrons. The Hall–Kier alpha value is -0.620. The lowest BCUT2D eigenvalue weighted by atomic mass is 9.92. The van der Waals surface area contributed by atoms with Crippen molar-refractivity contribution in [3.63, 3.8) is 0 Å². The largest absolute Gasteiger partial charge is 0.452 e. The summed E-state index contributed by atoms with van der Waals surface area (Å²) < 4.78 is 6.97. The number of benzene rings is 1. The van der Waals surface area contributed by atoms with Crippen molar-refractivity contribution in [1.82, 2.24) is 0 Å². The van der Waals surface area contributed by atoms with Crippen molar-refractivity contribution in [3.8, 4) is 0 Å². The SMILES string of the molecule is NCC(c1ccc(Br)cc1)C(O)c1ccc(Br)o1. The molecule has 2 rings (SSSR count). The Morgan fingerprint density at radius 3 is 2.28 bits per heavy atom. The second kappa shape index (κ2) is 6.02. The second-order valence-corrected chi connectivity index (χ2v) is 5.68. The summed E-state index contributed by atoms with van der Waals surface area (Å²) in [6.07, 6.45) is -0.748. The summed E-state index contributed by atoms with van der Waals surface area (Å²) in [6.45, 7) is 0.348. The monoisotopic (exact) mass is 373 g/mol. The van der Waals surface area contributed by atoms with Crippen molar-refractivity contribution in [2.45, 2.75) is 12.0 Å². The number of aliphatic hydroxyl groups is 1. The van der Waals surface area contributed by atoms with Crippen LogP contribution in [0, 0.1) is 0 Å². The molecule has 0 aliphatic heterocycles. The van der Waals surface area contributed by atoms with E-state index in [0.717, 1.165) is 10.0 Å². The molecule has 1 aromatic heterocycles. The van der Waals surface area contributed by atoms with Crippen LogP contribution in [0.5, 0.6) is 0 Å². The van der Waals surface area contributed by atoms with E-state index < -0.39 is 6.10 Å². The van der Waals surface area contributed by atoms with Crippen LogP contribution < -0.4 is 5.73 Å². The molecule has 0 aliphatic rings. The average Bonchev–Trinajstić information content (AvgIpc) is 2.79. The van der Waals surface area contributed by atoms with Crippen LogP contribution in [0.15, 0.2) is 50.0 Å². The summed E-state index contributed by atoms with van der Waals surface area (Å²) in [7, 11) is 0. The van der Waals surface area contributed by atoms with Crippen LogP contribution in [0.4, 0.5) is 0 Å². The molecule has 18 heavy (non-hydrogen) atoms. The van der Waals surface area contributed by atoms with Gasteiger partial charge in [-0.3, -0.25) is 0 Å². The lowest BCUT2D eigenvalue weighted by Gasteiger charge is -2.20. The highest BCUT2D eigenvalue weighted by Gasteiger charge is 2.24. The minimum atomic E-state index is -0.748. The molecule has 1 aromatic carbocycles. The zero-order valence-corrected chi connectivity index (χ0v) is 12.7. The van der Waals surface area contributed by atoms with E-state index in [-0.39, 0.29) is 5.92 Å². The van der Waals surface area contributed by atoms with Gasteiger partial charge in [-0.25, -0.2) is 0 Å². The van der Waals surface area contributed by atoms with Gasteiger partial charge >= 0.3 is 0 Å². The minimum absolute atomic E-state index is 0.184. The summed E-state index contributed by atoms with van der Waals surface area (Å²) in [5.74, 6) is 0.330. The molecule has 0 saturated heterocycles. The standard InChI is InChI=1S/C13H13Br2NO2/c14-9-3-1-8(2-4-9)10(7-16)13(17)11-5-6-12(15)18-11/h1-6,10,13,17H,7,16H2. The van der Waals surface area contributed by atoms with E-state index in [2.05, 4.69) is 31.9 Å². The van der Waals surface area contributed by atoms with Crippen LogP contribution in [-0.2, 0) is 0 Å². The first-order chi connectivity index (χ1) is 8.61. The van der Waals surface area contributed by atoms with Gasteiger partial charge in [0.05, 0.1) is 0 Å². The van der Waals surface area contributed by atoms with E-state index in [1.165, 1.54) is 0 Å². The van der Waals surface area contributed by atoms with Gasteiger partial charge in [-0.05, 0) is 45.8 Å². The molecule has 0 spiro atoms. The van der Waals surface area contributed by atoms with Gasteiger partial charge in [0.15, 0.2) is 4.67 Å². The van der Waals surface area contributed by atoms with Crippen molar-refractivity contribution in [2.75, 3.05) is 6.54 Å². The van der Waals surface area contributed by atoms with Gasteiger partial charge in [-0.2, -0.15) is 0 Å². The molecule has 3 nitrogen and oxygen atoms in total. The predicted molar refractivity (Wildman–Crippen MR) is 77.3 cm³/mol. The quantitative estimate of drug-likeness (QED) is 0.859. The van der Waals surface area contributed by atoms with E-state index in [0.29, 0.717) is 17.0 Å². The maximum absolute atomic E-state index is 10.3. The molecule has 3 N–H and O–H groups in total. The van der Waals surface area contributed by atoms with Crippen LogP contribution >= 0.6 is 31.9 Å². The first-order valence-electron chi connectivity index (χ1n) is 5.50. The zero-order valence-electron chi connectivity index (χ0n) is 9.51. The minimum Gasteiger partial charge on any atom is -0.452 e. The van der Waals surface area contributed by atoms with Gasteiger partial charge in [0.2, 0.25) is 0 Å². The molecule has 0 fully saturated rings. The summed E-state index contributed by atoms with van der Waals surface area (Å²) >= 11 is 6.61. The first-order valence-corrected chi connectivity index (χ1v) is 7.09. The lowest BCUT2D eigenvalue weighted by molar-refractivity contribution is 0.120. The van der Waals surface area contributed by atoms with Crippen molar-refractivity contribution in [2.24, 2.45) is 5.73 Å². The average molecular weight is 375 g/mol. The third-order valence-electron chi connectivity index (χ3n) is 2.82. The third kappa shape index (κ3) is 3.03. The highest BCUT2D eigenvalue weighted by Crippen LogP contribution is 2.32. The van der Waals surface area contributed by atoms with E-state index in [4.69, 9.17) is 10.2 Å². The number of rotatable bonds is 4. The fraction of sp³-hybridized carbons (Fsp3) is 0.231. The Morgan fingerprint density at radius 2 is 1.78 bits per heavy atom. The second-order valence-electron chi connectivity index (χ2n) is 3.98. The topological polar surface area (TPSA) is 59.4 Å². The number of aliphatic hydroxyl groups excluding tert-OH is 1. The fourth-order valence-electron chi connectivity index (χ4n) is 1.84. The normalized spacial score (nSPS) is 14.4. The Bertz CT molecular complexity index is 510. The molecule has 0 aliphatic carbocycles. The van der Waals surface area contributed by atoms with Crippen LogP contribution in [0.25, 0.3) is 0 Å². The molecule has 2 aromatic rings. The number of hydrogen-bond donors (Lipinski definition) is 2. The van der Waals surface area contributed by atoms with Crippen molar-refractivity contribution in [3.05, 3.63) is 56.9 Å². The van der Waals surface area contributed by atoms with Crippen LogP contribution in [0.1, 0.15) is 23.3 Å². The van der Waals surface area contributed by atoms with E-state index in [1.54, 1.807) is 12.1 Å². The maximum Gasteiger partial charge on any atom is 0.169 e. The molecular weight excluding hydrogens is 362 g/mol. The molecule has 2 unspecified atom stereocenters. The van der Waals surface area contributed by atoms with Gasteiger partial charge in [-0.1, -0.05) is 28.1 Å². The number of hydrogen-bond acceptors (Lipinski definition) is 3. The van der Waals surface area contributed by atoms with Crippen molar-refractivity contribution < 1.29 is 9.52 Å². The lowest BCUT2D eigenvalue weighted by Crippen LogP contribution is -2.19. The Labute approximate surface area is 122 Å². The van der Waals surface area contributed by atoms with Crippen LogP contribution in [-0.4, -0.2) is 11.7 Å². The van der Waals surface area contributed by atoms with Crippen LogP contribution in [0.2, 0.25) is 0 Å². The molecule has 5 heteroatoms. The summed E-state index contributed by atoms with van der Waals surface area (Å²) in [6, 6.07) is 11.3. The Morgan fingerprint density at radius 1 is 1.11 bits per heavy atom. The molecule has 0 radical (unpaired) electrons. The highest BCUT2D eigenvalue weighted by atomic mass is 79.9. The summed E-state index contributed by atoms with van der Waals surface area (Å²) in [5, 5.41) is 10.3. The van der Waals surface area contributed by atoms with Gasteiger partial charge in [0.25, 0.3) is 0 Å². The maximum atomic E-state index is 10.3. The fourth-order valence-corrected chi connectivity index (χ4v) is 2.43. The number of halogens is 2. The number of nitrogens with two attached hydrogens (primary N) is 1. The molecule has 0 bridgehead atoms. The molecule has 1 heterocycles. The summed E-state index contributed by atoms with van der Waals surface area (Å²) in [5.41, 5.74) is 6.75. The Kier molecular flexibility index (Phi) is 4.61. The molecule has 0 amide bonds. The van der Waals surface area contributed by atoms with Gasteiger partial charge in [-0.15, -0.1) is 0 Å². The van der Waals surface area contributed by atoms with Crippen molar-refractivity contribution >= 4 is 31.9 Å². The molecular formula is C13H13Br2NO2. The molecule has 0 saturated carbocycles. The van der Waals surface area contributed by atoms with Crippen LogP contribution in [0.3, 0.4) is 0 Å². The Balaban J connectivity index is 2.25. The highest BCUT2D eigenvalue weighted by molar-refractivity contribution is 9.10. The number of furan rings is 1. The van der Waals surface area contributed by atoms with Gasteiger partial charge < -0.3 is 15.3 Å². The van der Waals surface area contributed by atoms with E-state index in [9.17, 15) is 5.11 Å². The van der Waals surface area contributed by atoms with E-state index >= 15 is 0 Å². The zero-order chi connectivity index (χ0) is 13.1. The first kappa shape index (κ1) is 13.8. The smallest absolute Gasteiger partial charge is 0.169 e. The van der Waals surface area contributed by atoms with Gasteiger partial charge in [0, 0.05) is 16.9 Å². The van der Waals surface area contributed by atoms with E-state index in [1.807, 2.05) is 24.3 Å². The van der Waals surface area contributed by atoms with Crippen molar-refractivity contribution in [1.29, 1.82) is 0 Å².